The summed E-state index contributed by atoms with van der Waals surface area (Å²) in [5.74, 6) is 10.4. The van der Waals surface area contributed by atoms with E-state index in [-0.39, 0.29) is 0 Å². The van der Waals surface area contributed by atoms with Crippen LogP contribution in [0.3, 0.4) is 0 Å². The molecule has 0 spiro atoms. The molecule has 2 rings (SSSR count). The Morgan fingerprint density at radius 3 is 1.88 bits per heavy atom. The van der Waals surface area contributed by atoms with E-state index in [4.69, 9.17) is 0 Å². The molecule has 0 aliphatic heterocycles. The van der Waals surface area contributed by atoms with Crippen LogP contribution in [0.15, 0.2) is 0 Å². The van der Waals surface area contributed by atoms with Crippen molar-refractivity contribution in [1.82, 2.24) is 0 Å². The highest BCUT2D eigenvalue weighted by Gasteiger charge is 2.22. The maximum absolute atomic E-state index is 3.60. The van der Waals surface area contributed by atoms with Crippen molar-refractivity contribution in [3.8, 4) is 11.8 Å². The first-order valence-corrected chi connectivity index (χ1v) is 7.25. The van der Waals surface area contributed by atoms with E-state index in [1.54, 1.807) is 0 Å². The monoisotopic (exact) mass is 218 g/mol. The van der Waals surface area contributed by atoms with Crippen LogP contribution < -0.4 is 0 Å². The van der Waals surface area contributed by atoms with Gasteiger partial charge in [-0.1, -0.05) is 45.0 Å². The standard InChI is InChI=1S/C16H26/c1-13-10-14(2)12-16(11-13)9-8-15-6-4-3-5-7-15/h13-16H,3-7,10-12H2,1-2H3. The van der Waals surface area contributed by atoms with E-state index in [0.29, 0.717) is 5.92 Å². The largest absolute Gasteiger partial charge is 0.0996 e. The molecule has 0 N–H and O–H groups in total. The van der Waals surface area contributed by atoms with E-state index in [1.807, 2.05) is 0 Å². The second-order valence-electron chi connectivity index (χ2n) is 6.24. The summed E-state index contributed by atoms with van der Waals surface area (Å²) in [6.45, 7) is 4.79. The molecule has 16 heavy (non-hydrogen) atoms. The summed E-state index contributed by atoms with van der Waals surface area (Å²) < 4.78 is 0. The molecule has 0 heteroatoms. The van der Waals surface area contributed by atoms with Crippen molar-refractivity contribution in [2.45, 2.75) is 65.2 Å². The van der Waals surface area contributed by atoms with Crippen LogP contribution in [0.25, 0.3) is 0 Å². The zero-order valence-electron chi connectivity index (χ0n) is 11.0. The van der Waals surface area contributed by atoms with Crippen molar-refractivity contribution < 1.29 is 0 Å². The lowest BCUT2D eigenvalue weighted by atomic mass is 9.77. The fraction of sp³-hybridized carbons (Fsp3) is 0.875. The van der Waals surface area contributed by atoms with E-state index in [9.17, 15) is 0 Å². The van der Waals surface area contributed by atoms with Gasteiger partial charge in [-0.3, -0.25) is 0 Å². The SMILES string of the molecule is CC1CC(C)CC(C#CC2CCCCC2)C1. The van der Waals surface area contributed by atoms with Gasteiger partial charge in [0.2, 0.25) is 0 Å². The van der Waals surface area contributed by atoms with Crippen molar-refractivity contribution in [3.05, 3.63) is 0 Å². The smallest absolute Gasteiger partial charge is 0.0208 e. The molecule has 2 aliphatic carbocycles. The van der Waals surface area contributed by atoms with Crippen LogP contribution in [0.1, 0.15) is 65.2 Å². The van der Waals surface area contributed by atoms with Crippen LogP contribution >= 0.6 is 0 Å². The first-order chi connectivity index (χ1) is 7.74. The minimum absolute atomic E-state index is 0.709. The molecule has 0 saturated heterocycles. The van der Waals surface area contributed by atoms with Gasteiger partial charge in [0, 0.05) is 11.8 Å². The van der Waals surface area contributed by atoms with Crippen LogP contribution in [0.2, 0.25) is 0 Å². The van der Waals surface area contributed by atoms with Gasteiger partial charge >= 0.3 is 0 Å². The van der Waals surface area contributed by atoms with Gasteiger partial charge in [-0.05, 0) is 43.9 Å². The molecule has 0 bridgehead atoms. The Morgan fingerprint density at radius 1 is 0.688 bits per heavy atom. The average molecular weight is 218 g/mol. The topological polar surface area (TPSA) is 0 Å². The van der Waals surface area contributed by atoms with Crippen LogP contribution in [-0.4, -0.2) is 0 Å². The van der Waals surface area contributed by atoms with Gasteiger partial charge < -0.3 is 0 Å². The second-order valence-corrected chi connectivity index (χ2v) is 6.24. The maximum atomic E-state index is 3.60. The summed E-state index contributed by atoms with van der Waals surface area (Å²) >= 11 is 0. The van der Waals surface area contributed by atoms with Gasteiger partial charge in [0.15, 0.2) is 0 Å². The first kappa shape index (κ1) is 12.0. The molecule has 2 fully saturated rings. The molecule has 2 atom stereocenters. The summed E-state index contributed by atoms with van der Waals surface area (Å²) in [5.41, 5.74) is 0. The Bertz CT molecular complexity index is 251. The molecule has 90 valence electrons. The van der Waals surface area contributed by atoms with Gasteiger partial charge in [-0.2, -0.15) is 0 Å². The van der Waals surface area contributed by atoms with Gasteiger partial charge in [-0.25, -0.2) is 0 Å². The molecule has 0 heterocycles. The highest BCUT2D eigenvalue weighted by Crippen LogP contribution is 2.32. The summed E-state index contributed by atoms with van der Waals surface area (Å²) in [4.78, 5) is 0. The summed E-state index contributed by atoms with van der Waals surface area (Å²) in [7, 11) is 0. The Morgan fingerprint density at radius 2 is 1.25 bits per heavy atom. The van der Waals surface area contributed by atoms with E-state index >= 15 is 0 Å². The average Bonchev–Trinajstić information content (AvgIpc) is 2.27. The maximum Gasteiger partial charge on any atom is 0.0208 e. The highest BCUT2D eigenvalue weighted by atomic mass is 14.3. The number of hydrogen-bond acceptors (Lipinski definition) is 0. The van der Waals surface area contributed by atoms with Gasteiger partial charge in [0.25, 0.3) is 0 Å². The predicted molar refractivity (Wildman–Crippen MR) is 70.0 cm³/mol. The van der Waals surface area contributed by atoms with Crippen LogP contribution in [-0.2, 0) is 0 Å². The lowest BCUT2D eigenvalue weighted by molar-refractivity contribution is 0.258. The van der Waals surface area contributed by atoms with Crippen LogP contribution in [0.4, 0.5) is 0 Å². The molecule has 0 radical (unpaired) electrons. The van der Waals surface area contributed by atoms with E-state index in [0.717, 1.165) is 17.8 Å². The first-order valence-electron chi connectivity index (χ1n) is 7.25. The molecule has 0 aromatic rings. The van der Waals surface area contributed by atoms with Gasteiger partial charge in [0.05, 0.1) is 0 Å². The normalized spacial score (nSPS) is 36.5. The molecule has 0 aromatic heterocycles. The fourth-order valence-corrected chi connectivity index (χ4v) is 3.55. The third-order valence-electron chi connectivity index (χ3n) is 4.28. The minimum Gasteiger partial charge on any atom is -0.0996 e. The summed E-state index contributed by atoms with van der Waals surface area (Å²) in [6, 6.07) is 0. The molecule has 0 nitrogen and oxygen atoms in total. The van der Waals surface area contributed by atoms with Crippen LogP contribution in [0, 0.1) is 35.5 Å². The third kappa shape index (κ3) is 3.55. The summed E-state index contributed by atoms with van der Waals surface area (Å²) in [5, 5.41) is 0. The number of rotatable bonds is 0. The van der Waals surface area contributed by atoms with Crippen molar-refractivity contribution in [3.63, 3.8) is 0 Å². The van der Waals surface area contributed by atoms with Crippen molar-refractivity contribution >= 4 is 0 Å². The highest BCUT2D eigenvalue weighted by molar-refractivity contribution is 5.09. The Hall–Kier alpha value is -0.440. The Labute approximate surface area is 101 Å². The predicted octanol–water partition coefficient (Wildman–Crippen LogP) is 4.64. The molecular weight excluding hydrogens is 192 g/mol. The molecule has 2 saturated carbocycles. The lowest BCUT2D eigenvalue weighted by Crippen LogP contribution is -2.18. The van der Waals surface area contributed by atoms with Crippen LogP contribution in [0.5, 0.6) is 0 Å². The molecule has 0 amide bonds. The second kappa shape index (κ2) is 5.76. The van der Waals surface area contributed by atoms with Gasteiger partial charge in [0.1, 0.15) is 0 Å². The van der Waals surface area contributed by atoms with E-state index in [2.05, 4.69) is 25.7 Å². The number of hydrogen-bond donors (Lipinski definition) is 0. The minimum atomic E-state index is 0.709. The fourth-order valence-electron chi connectivity index (χ4n) is 3.55. The van der Waals surface area contributed by atoms with Crippen molar-refractivity contribution in [2.24, 2.45) is 23.7 Å². The van der Waals surface area contributed by atoms with E-state index < -0.39 is 0 Å². The molecule has 0 aromatic carbocycles. The Balaban J connectivity index is 1.85. The zero-order valence-corrected chi connectivity index (χ0v) is 11.0. The molecular formula is C16H26. The Kier molecular flexibility index (Phi) is 4.33. The van der Waals surface area contributed by atoms with E-state index in [1.165, 1.54) is 51.4 Å². The quantitative estimate of drug-likeness (QED) is 0.519. The summed E-state index contributed by atoms with van der Waals surface area (Å²) in [6.07, 6.45) is 11.1. The molecule has 2 aliphatic rings. The van der Waals surface area contributed by atoms with Gasteiger partial charge in [-0.15, -0.1) is 0 Å². The molecule has 2 unspecified atom stereocenters. The van der Waals surface area contributed by atoms with Crippen molar-refractivity contribution in [2.75, 3.05) is 0 Å². The lowest BCUT2D eigenvalue weighted by Gasteiger charge is -2.28. The third-order valence-corrected chi connectivity index (χ3v) is 4.28. The zero-order chi connectivity index (χ0) is 11.4. The van der Waals surface area contributed by atoms with Crippen molar-refractivity contribution in [1.29, 1.82) is 0 Å².